The molecule has 2 aromatic heterocycles. The summed E-state index contributed by atoms with van der Waals surface area (Å²) >= 11 is 3.21. The first-order valence-electron chi connectivity index (χ1n) is 4.11. The van der Waals surface area contributed by atoms with E-state index < -0.39 is 10.2 Å². The predicted molar refractivity (Wildman–Crippen MR) is 54.5 cm³/mol. The van der Waals surface area contributed by atoms with Crippen LogP contribution < -0.4 is 25.3 Å². The average Bonchev–Trinajstić information content (AvgIpc) is 2.16. The van der Waals surface area contributed by atoms with Crippen LogP contribution in [0.4, 0.5) is 5.95 Å². The van der Waals surface area contributed by atoms with Crippen LogP contribution in [0.15, 0.2) is 21.5 Å². The maximum absolute atomic E-state index is 11.3. The number of nitrogen functional groups attached to an aromatic ring is 1. The van der Waals surface area contributed by atoms with Crippen molar-refractivity contribution in [2.45, 2.75) is 0 Å². The third-order valence-corrected chi connectivity index (χ3v) is 1.98. The van der Waals surface area contributed by atoms with Gasteiger partial charge < -0.3 is 5.73 Å². The highest BCUT2D eigenvalue weighted by molar-refractivity contribution is 9.10. The average molecular weight is 342 g/mol. The molecule has 98 valence electrons. The van der Waals surface area contributed by atoms with E-state index in [1.54, 1.807) is 12.3 Å². The van der Waals surface area contributed by atoms with Crippen molar-refractivity contribution < 1.29 is 28.9 Å². The fraction of sp³-hybridized carbons (Fsp3) is 0. The molecule has 18 heavy (non-hydrogen) atoms. The summed E-state index contributed by atoms with van der Waals surface area (Å²) in [5.41, 5.74) is 5.41. The Morgan fingerprint density at radius 3 is 2.56 bits per heavy atom. The molecule has 0 atom stereocenters. The van der Waals surface area contributed by atoms with Crippen molar-refractivity contribution in [3.8, 4) is 0 Å². The van der Waals surface area contributed by atoms with E-state index in [-0.39, 0.29) is 11.5 Å². The van der Waals surface area contributed by atoms with E-state index in [1.807, 2.05) is 0 Å². The van der Waals surface area contributed by atoms with Crippen molar-refractivity contribution in [3.63, 3.8) is 0 Å². The molecule has 0 aromatic carbocycles. The molecule has 2 rings (SSSR count). The van der Waals surface area contributed by atoms with Gasteiger partial charge in [0.05, 0.1) is 20.3 Å². The second-order valence-corrected chi connectivity index (χ2v) is 4.58. The molecule has 2 heterocycles. The molecule has 0 saturated carbocycles. The lowest BCUT2D eigenvalue weighted by Gasteiger charge is -2.03. The number of aromatic amines is 1. The first-order chi connectivity index (χ1) is 8.16. The van der Waals surface area contributed by atoms with Crippen molar-refractivity contribution in [2.24, 2.45) is 0 Å². The predicted octanol–water partition coefficient (Wildman–Crippen LogP) is -3.46. The van der Waals surface area contributed by atoms with Crippen LogP contribution in [-0.4, -0.2) is 19.6 Å². The zero-order valence-corrected chi connectivity index (χ0v) is 10.8. The fourth-order valence-electron chi connectivity index (χ4n) is 1.01. The van der Waals surface area contributed by atoms with Gasteiger partial charge >= 0.3 is 0 Å². The van der Waals surface area contributed by atoms with E-state index in [0.717, 1.165) is 4.47 Å². The minimum Gasteiger partial charge on any atom is -0.369 e. The van der Waals surface area contributed by atoms with Crippen molar-refractivity contribution in [1.82, 2.24) is 15.0 Å². The largest absolute Gasteiger partial charge is 0.369 e. The number of anilines is 1. The Labute approximate surface area is 110 Å². The summed E-state index contributed by atoms with van der Waals surface area (Å²) < 4.78 is 33.5. The first kappa shape index (κ1) is 14.8. The number of aromatic nitrogens is 3. The minimum absolute atomic E-state index is 0.0762. The number of hydrogen-bond donors (Lipinski definition) is 3. The van der Waals surface area contributed by atoms with Gasteiger partial charge in [-0.05, 0) is 22.0 Å². The third kappa shape index (κ3) is 4.91. The molecule has 0 aliphatic carbocycles. The van der Waals surface area contributed by atoms with Gasteiger partial charge in [0.2, 0.25) is 5.95 Å². The smallest absolute Gasteiger partial charge is 0.261 e. The number of nitrogens with two attached hydrogens (primary N) is 1. The normalized spacial score (nSPS) is 10.9. The van der Waals surface area contributed by atoms with Gasteiger partial charge in [0.25, 0.3) is 5.56 Å². The molecule has 0 saturated heterocycles. The third-order valence-electron chi connectivity index (χ3n) is 1.55. The van der Waals surface area contributed by atoms with Gasteiger partial charge in [-0.2, -0.15) is 19.0 Å². The summed E-state index contributed by atoms with van der Waals surface area (Å²) in [6.07, 6.45) is 1.56. The Morgan fingerprint density at radius 2 is 2.00 bits per heavy atom. The molecule has 2 aromatic rings. The van der Waals surface area contributed by atoms with E-state index in [0.29, 0.717) is 11.0 Å². The molecule has 4 N–H and O–H groups in total. The monoisotopic (exact) mass is 340 g/mol. The molecule has 0 fully saturated rings. The van der Waals surface area contributed by atoms with Crippen molar-refractivity contribution in [2.75, 3.05) is 5.73 Å². The summed E-state index contributed by atoms with van der Waals surface area (Å²) in [7, 11) is -4.69. The summed E-state index contributed by atoms with van der Waals surface area (Å²) in [6, 6.07) is 1.65. The number of H-pyrrole nitrogens is 1. The summed E-state index contributed by atoms with van der Waals surface area (Å²) in [5, 5.41) is 0.420. The maximum Gasteiger partial charge on any atom is 0.261 e. The standard InChI is InChI=1S/C7H5BrN4O.ClHO4/c8-3-1-4-5(10-2-3)11-7(9)12-6(4)13;2-1(3,4)5/h1-2H,(H3,9,10,11,12,13);(H,2,3,4,5). The molecule has 0 amide bonds. The highest BCUT2D eigenvalue weighted by Gasteiger charge is 2.02. The Kier molecular flexibility index (Phi) is 4.56. The Morgan fingerprint density at radius 1 is 1.44 bits per heavy atom. The SMILES string of the molecule is Nc1nc2ncc(Br)cc2c(=O)[nH]1.[O-][Cl+3]([O-])([O-])O. The second-order valence-electron chi connectivity index (χ2n) is 2.87. The van der Waals surface area contributed by atoms with Crippen LogP contribution >= 0.6 is 15.9 Å². The van der Waals surface area contributed by atoms with Gasteiger partial charge in [-0.1, -0.05) is 0 Å². The molecule has 0 spiro atoms. The number of nitrogens with one attached hydrogen (secondary N) is 1. The molecule has 11 heteroatoms. The van der Waals surface area contributed by atoms with Crippen molar-refractivity contribution in [1.29, 1.82) is 0 Å². The molecule has 0 radical (unpaired) electrons. The van der Waals surface area contributed by atoms with Crippen LogP contribution in [0.25, 0.3) is 11.0 Å². The van der Waals surface area contributed by atoms with E-state index in [9.17, 15) is 4.79 Å². The van der Waals surface area contributed by atoms with Gasteiger partial charge in [-0.3, -0.25) is 9.78 Å². The van der Waals surface area contributed by atoms with Crippen molar-refractivity contribution >= 4 is 32.9 Å². The lowest BCUT2D eigenvalue weighted by Crippen LogP contribution is -2.58. The van der Waals surface area contributed by atoms with Crippen LogP contribution in [0.3, 0.4) is 0 Å². The Hall–Kier alpha value is -1.30. The lowest BCUT2D eigenvalue weighted by atomic mass is 10.3. The van der Waals surface area contributed by atoms with Crippen LogP contribution in [0.5, 0.6) is 0 Å². The highest BCUT2D eigenvalue weighted by atomic mass is 79.9. The number of halogens is 2. The van der Waals surface area contributed by atoms with Crippen molar-refractivity contribution in [3.05, 3.63) is 27.1 Å². The topological polar surface area (TPSA) is 174 Å². The van der Waals surface area contributed by atoms with Gasteiger partial charge in [-0.25, -0.2) is 4.98 Å². The number of nitrogens with zero attached hydrogens (tertiary/aromatic N) is 2. The first-order valence-corrected chi connectivity index (χ1v) is 6.17. The van der Waals surface area contributed by atoms with Gasteiger partial charge in [-0.15, -0.1) is 0 Å². The summed E-state index contributed by atoms with van der Waals surface area (Å²) in [6.45, 7) is 0. The molecule has 0 bridgehead atoms. The minimum atomic E-state index is -4.69. The molecular formula is C7H6BrClN4O5. The van der Waals surface area contributed by atoms with Gasteiger partial charge in [0.15, 0.2) is 5.65 Å². The van der Waals surface area contributed by atoms with Crippen LogP contribution in [0.1, 0.15) is 0 Å². The molecule has 0 aliphatic rings. The molecular weight excluding hydrogens is 335 g/mol. The van der Waals surface area contributed by atoms with E-state index in [2.05, 4.69) is 30.9 Å². The van der Waals surface area contributed by atoms with E-state index in [4.69, 9.17) is 24.4 Å². The van der Waals surface area contributed by atoms with E-state index in [1.165, 1.54) is 0 Å². The molecule has 9 nitrogen and oxygen atoms in total. The van der Waals surface area contributed by atoms with Crippen LogP contribution in [0.2, 0.25) is 0 Å². The second kappa shape index (κ2) is 5.56. The lowest BCUT2D eigenvalue weighted by molar-refractivity contribution is -1.92. The number of rotatable bonds is 0. The van der Waals surface area contributed by atoms with Gasteiger partial charge in [0, 0.05) is 10.7 Å². The van der Waals surface area contributed by atoms with Crippen LogP contribution in [-0.2, 0) is 0 Å². The zero-order valence-electron chi connectivity index (χ0n) is 8.46. The summed E-state index contributed by atoms with van der Waals surface area (Å²) in [5.74, 6) is 0.0762. The number of fused-ring (bicyclic) bond motifs is 1. The molecule has 0 unspecified atom stereocenters. The summed E-state index contributed by atoms with van der Waals surface area (Å²) in [4.78, 5) is 21.5. The molecule has 0 aliphatic heterocycles. The Balaban J connectivity index is 0.000000280. The fourth-order valence-corrected chi connectivity index (χ4v) is 1.35. The quantitative estimate of drug-likeness (QED) is 0.443. The van der Waals surface area contributed by atoms with E-state index >= 15 is 0 Å². The zero-order chi connectivity index (χ0) is 13.9. The van der Waals surface area contributed by atoms with Crippen LogP contribution in [0, 0.1) is 10.2 Å². The van der Waals surface area contributed by atoms with Gasteiger partial charge in [0.1, 0.15) is 0 Å². The number of hydrogen-bond acceptors (Lipinski definition) is 8. The Bertz CT molecular complexity index is 607. The highest BCUT2D eigenvalue weighted by Crippen LogP contribution is 2.12. The number of pyridine rings is 1. The maximum atomic E-state index is 11.3.